The lowest BCUT2D eigenvalue weighted by Crippen LogP contribution is -2.42. The third-order valence-corrected chi connectivity index (χ3v) is 3.73. The van der Waals surface area contributed by atoms with Gasteiger partial charge in [-0.3, -0.25) is 0 Å². The van der Waals surface area contributed by atoms with Crippen LogP contribution in [0, 0.1) is 12.8 Å². The standard InChI is InChI=1S/C16H25N3O/c1-13-6-9-19(10-7-13)16(17)18-8-11-20-15-5-3-4-14(2)12-15/h3-5,12-13H,6-11H2,1-2H3,(H2,17,18). The fourth-order valence-corrected chi connectivity index (χ4v) is 2.37. The number of hydrogen-bond donors (Lipinski definition) is 1. The Morgan fingerprint density at radius 2 is 2.15 bits per heavy atom. The molecule has 0 amide bonds. The molecule has 0 saturated carbocycles. The quantitative estimate of drug-likeness (QED) is 0.521. The van der Waals surface area contributed by atoms with Gasteiger partial charge in [-0.2, -0.15) is 0 Å². The second kappa shape index (κ2) is 7.17. The van der Waals surface area contributed by atoms with Gasteiger partial charge in [-0.25, -0.2) is 4.99 Å². The summed E-state index contributed by atoms with van der Waals surface area (Å²) in [4.78, 5) is 6.58. The number of nitrogens with zero attached hydrogens (tertiary/aromatic N) is 2. The summed E-state index contributed by atoms with van der Waals surface area (Å²) in [5, 5.41) is 0. The van der Waals surface area contributed by atoms with Gasteiger partial charge in [0.25, 0.3) is 0 Å². The number of likely N-dealkylation sites (tertiary alicyclic amines) is 1. The average molecular weight is 275 g/mol. The molecule has 20 heavy (non-hydrogen) atoms. The van der Waals surface area contributed by atoms with E-state index in [2.05, 4.69) is 29.8 Å². The van der Waals surface area contributed by atoms with Crippen LogP contribution in [-0.2, 0) is 0 Å². The molecule has 0 unspecified atom stereocenters. The van der Waals surface area contributed by atoms with Crippen molar-refractivity contribution in [2.45, 2.75) is 26.7 Å². The van der Waals surface area contributed by atoms with Gasteiger partial charge < -0.3 is 15.4 Å². The number of aliphatic imine (C=N–C) groups is 1. The number of piperidine rings is 1. The summed E-state index contributed by atoms with van der Waals surface area (Å²) in [6.07, 6.45) is 2.41. The maximum absolute atomic E-state index is 6.02. The monoisotopic (exact) mass is 275 g/mol. The topological polar surface area (TPSA) is 50.9 Å². The third-order valence-electron chi connectivity index (χ3n) is 3.73. The zero-order valence-electron chi connectivity index (χ0n) is 12.5. The molecule has 0 radical (unpaired) electrons. The van der Waals surface area contributed by atoms with Crippen LogP contribution in [0.1, 0.15) is 25.3 Å². The number of aryl methyl sites for hydroxylation is 1. The third kappa shape index (κ3) is 4.44. The molecule has 4 nitrogen and oxygen atoms in total. The largest absolute Gasteiger partial charge is 0.492 e. The molecule has 4 heteroatoms. The highest BCUT2D eigenvalue weighted by Gasteiger charge is 2.16. The molecule has 0 bridgehead atoms. The Morgan fingerprint density at radius 3 is 2.85 bits per heavy atom. The molecular formula is C16H25N3O. The van der Waals surface area contributed by atoms with E-state index in [9.17, 15) is 0 Å². The first kappa shape index (κ1) is 14.7. The minimum atomic E-state index is 0.564. The van der Waals surface area contributed by atoms with Gasteiger partial charge in [-0.1, -0.05) is 19.1 Å². The van der Waals surface area contributed by atoms with Crippen LogP contribution in [0.15, 0.2) is 29.3 Å². The van der Waals surface area contributed by atoms with Crippen LogP contribution in [0.4, 0.5) is 0 Å². The summed E-state index contributed by atoms with van der Waals surface area (Å²) < 4.78 is 5.66. The lowest BCUT2D eigenvalue weighted by atomic mass is 10.00. The Bertz CT molecular complexity index is 451. The normalized spacial score (nSPS) is 17.3. The first-order chi connectivity index (χ1) is 9.65. The van der Waals surface area contributed by atoms with Crippen LogP contribution in [-0.4, -0.2) is 37.1 Å². The first-order valence-corrected chi connectivity index (χ1v) is 7.39. The van der Waals surface area contributed by atoms with Crippen molar-refractivity contribution in [3.05, 3.63) is 29.8 Å². The van der Waals surface area contributed by atoms with Gasteiger partial charge in [-0.15, -0.1) is 0 Å². The minimum absolute atomic E-state index is 0.564. The number of hydrogen-bond acceptors (Lipinski definition) is 2. The average Bonchev–Trinajstić information content (AvgIpc) is 2.44. The molecule has 0 atom stereocenters. The van der Waals surface area contributed by atoms with E-state index in [0.29, 0.717) is 19.1 Å². The van der Waals surface area contributed by atoms with Crippen molar-refractivity contribution in [3.8, 4) is 5.75 Å². The van der Waals surface area contributed by atoms with Gasteiger partial charge >= 0.3 is 0 Å². The molecule has 2 rings (SSSR count). The Hall–Kier alpha value is -1.71. The van der Waals surface area contributed by atoms with Crippen LogP contribution < -0.4 is 10.5 Å². The lowest BCUT2D eigenvalue weighted by Gasteiger charge is -2.31. The summed E-state index contributed by atoms with van der Waals surface area (Å²) in [6.45, 7) is 7.56. The fourth-order valence-electron chi connectivity index (χ4n) is 2.37. The van der Waals surface area contributed by atoms with E-state index in [1.807, 2.05) is 18.2 Å². The van der Waals surface area contributed by atoms with Crippen molar-refractivity contribution in [2.75, 3.05) is 26.2 Å². The second-order valence-electron chi connectivity index (χ2n) is 5.57. The number of rotatable bonds is 4. The Balaban J connectivity index is 1.73. The fraction of sp³-hybridized carbons (Fsp3) is 0.562. The Morgan fingerprint density at radius 1 is 1.40 bits per heavy atom. The summed E-state index contributed by atoms with van der Waals surface area (Å²) in [6, 6.07) is 8.04. The Kier molecular flexibility index (Phi) is 5.27. The summed E-state index contributed by atoms with van der Waals surface area (Å²) >= 11 is 0. The second-order valence-corrected chi connectivity index (χ2v) is 5.57. The molecule has 0 spiro atoms. The highest BCUT2D eigenvalue weighted by Crippen LogP contribution is 2.15. The van der Waals surface area contributed by atoms with E-state index in [1.54, 1.807) is 0 Å². The van der Waals surface area contributed by atoms with Gasteiger partial charge in [0.1, 0.15) is 12.4 Å². The van der Waals surface area contributed by atoms with Gasteiger partial charge in [0, 0.05) is 13.1 Å². The summed E-state index contributed by atoms with van der Waals surface area (Å²) in [5.41, 5.74) is 7.22. The molecule has 1 aromatic rings. The van der Waals surface area contributed by atoms with E-state index in [0.717, 1.165) is 24.8 Å². The van der Waals surface area contributed by atoms with Crippen molar-refractivity contribution >= 4 is 5.96 Å². The van der Waals surface area contributed by atoms with E-state index >= 15 is 0 Å². The smallest absolute Gasteiger partial charge is 0.191 e. The van der Waals surface area contributed by atoms with Gasteiger partial charge in [0.15, 0.2) is 5.96 Å². The predicted octanol–water partition coefficient (Wildman–Crippen LogP) is 2.42. The molecular weight excluding hydrogens is 250 g/mol. The van der Waals surface area contributed by atoms with Crippen molar-refractivity contribution in [1.82, 2.24) is 4.90 Å². The zero-order valence-corrected chi connectivity index (χ0v) is 12.5. The van der Waals surface area contributed by atoms with E-state index in [-0.39, 0.29) is 0 Å². The zero-order chi connectivity index (χ0) is 14.4. The maximum atomic E-state index is 6.02. The van der Waals surface area contributed by atoms with Crippen molar-refractivity contribution < 1.29 is 4.74 Å². The predicted molar refractivity (Wildman–Crippen MR) is 83.1 cm³/mol. The number of guanidine groups is 1. The first-order valence-electron chi connectivity index (χ1n) is 7.39. The van der Waals surface area contributed by atoms with E-state index in [1.165, 1.54) is 18.4 Å². The van der Waals surface area contributed by atoms with Crippen LogP contribution in [0.3, 0.4) is 0 Å². The number of ether oxygens (including phenoxy) is 1. The summed E-state index contributed by atoms with van der Waals surface area (Å²) in [7, 11) is 0. The molecule has 1 heterocycles. The van der Waals surface area contributed by atoms with Gasteiger partial charge in [-0.05, 0) is 43.4 Å². The number of benzene rings is 1. The van der Waals surface area contributed by atoms with Crippen LogP contribution in [0.2, 0.25) is 0 Å². The van der Waals surface area contributed by atoms with E-state index in [4.69, 9.17) is 10.5 Å². The van der Waals surface area contributed by atoms with Crippen molar-refractivity contribution in [3.63, 3.8) is 0 Å². The molecule has 2 N–H and O–H groups in total. The molecule has 0 aliphatic carbocycles. The van der Waals surface area contributed by atoms with Crippen molar-refractivity contribution in [2.24, 2.45) is 16.6 Å². The Labute approximate surface area is 121 Å². The van der Waals surface area contributed by atoms with Crippen molar-refractivity contribution in [1.29, 1.82) is 0 Å². The summed E-state index contributed by atoms with van der Waals surface area (Å²) in [5.74, 6) is 2.36. The SMILES string of the molecule is Cc1cccc(OCCN=C(N)N2CCC(C)CC2)c1. The molecule has 0 aromatic heterocycles. The van der Waals surface area contributed by atoms with Crippen LogP contribution in [0.5, 0.6) is 5.75 Å². The molecule has 1 aliphatic rings. The van der Waals surface area contributed by atoms with Crippen LogP contribution in [0.25, 0.3) is 0 Å². The molecule has 1 aliphatic heterocycles. The van der Waals surface area contributed by atoms with Crippen LogP contribution >= 0.6 is 0 Å². The number of nitrogens with two attached hydrogens (primary N) is 1. The van der Waals surface area contributed by atoms with Gasteiger partial charge in [0.05, 0.1) is 6.54 Å². The molecule has 110 valence electrons. The molecule has 1 aromatic carbocycles. The van der Waals surface area contributed by atoms with E-state index < -0.39 is 0 Å². The lowest BCUT2D eigenvalue weighted by molar-refractivity contribution is 0.276. The minimum Gasteiger partial charge on any atom is -0.492 e. The van der Waals surface area contributed by atoms with Gasteiger partial charge in [0.2, 0.25) is 0 Å². The molecule has 1 fully saturated rings. The highest BCUT2D eigenvalue weighted by molar-refractivity contribution is 5.78. The highest BCUT2D eigenvalue weighted by atomic mass is 16.5. The maximum Gasteiger partial charge on any atom is 0.191 e. The molecule has 1 saturated heterocycles.